The minimum absolute atomic E-state index is 0.257. The fourth-order valence-electron chi connectivity index (χ4n) is 1.47. The summed E-state index contributed by atoms with van der Waals surface area (Å²) in [5.41, 5.74) is 0. The van der Waals surface area contributed by atoms with Crippen LogP contribution in [0.1, 0.15) is 19.3 Å². The molecule has 1 unspecified atom stereocenters. The Morgan fingerprint density at radius 1 is 1.71 bits per heavy atom. The Bertz CT molecular complexity index is 243. The molecule has 0 saturated carbocycles. The van der Waals surface area contributed by atoms with Crippen molar-refractivity contribution in [2.24, 2.45) is 4.99 Å². The summed E-state index contributed by atoms with van der Waals surface area (Å²) in [6, 6.07) is -0.700. The van der Waals surface area contributed by atoms with Crippen LogP contribution >= 0.6 is 12.6 Å². The number of hydrogen-bond acceptors (Lipinski definition) is 3. The van der Waals surface area contributed by atoms with E-state index in [-0.39, 0.29) is 5.75 Å². The molecule has 14 heavy (non-hydrogen) atoms. The van der Waals surface area contributed by atoms with Crippen LogP contribution in [-0.2, 0) is 4.79 Å². The standard InChI is InChI=1S/C9H16N2O2S/c1-11-5-3-2-4-8(11)10-7(6-14)9(12)13/h7,14H,2-6H2,1H3,(H,12,13). The molecule has 0 aromatic rings. The predicted molar refractivity (Wildman–Crippen MR) is 59.2 cm³/mol. The Morgan fingerprint density at radius 2 is 2.43 bits per heavy atom. The molecule has 5 heteroatoms. The Labute approximate surface area is 89.4 Å². The molecule has 0 spiro atoms. The van der Waals surface area contributed by atoms with Crippen molar-refractivity contribution in [3.63, 3.8) is 0 Å². The van der Waals surface area contributed by atoms with Crippen LogP contribution in [0.4, 0.5) is 0 Å². The van der Waals surface area contributed by atoms with Crippen LogP contribution in [0.2, 0.25) is 0 Å². The molecular formula is C9H16N2O2S. The van der Waals surface area contributed by atoms with Crippen LogP contribution in [0.3, 0.4) is 0 Å². The average molecular weight is 216 g/mol. The Kier molecular flexibility index (Phi) is 4.25. The van der Waals surface area contributed by atoms with Crippen molar-refractivity contribution in [2.75, 3.05) is 19.3 Å². The number of carboxylic acids is 1. The second kappa shape index (κ2) is 5.24. The SMILES string of the molecule is CN1CCCCC1=NC(CS)C(=O)O. The molecule has 1 rings (SSSR count). The molecule has 0 amide bonds. The first-order valence-electron chi connectivity index (χ1n) is 4.76. The van der Waals surface area contributed by atoms with Crippen molar-refractivity contribution < 1.29 is 9.90 Å². The van der Waals surface area contributed by atoms with E-state index in [9.17, 15) is 4.79 Å². The van der Waals surface area contributed by atoms with Gasteiger partial charge in [-0.1, -0.05) is 0 Å². The third-order valence-corrected chi connectivity index (χ3v) is 2.69. The summed E-state index contributed by atoms with van der Waals surface area (Å²) in [5.74, 6) is 0.260. The Balaban J connectivity index is 2.67. The molecule has 0 radical (unpaired) electrons. The Morgan fingerprint density at radius 3 is 2.93 bits per heavy atom. The quantitative estimate of drug-likeness (QED) is 0.689. The predicted octanol–water partition coefficient (Wildman–Crippen LogP) is 0.884. The summed E-state index contributed by atoms with van der Waals surface area (Å²) >= 11 is 3.98. The lowest BCUT2D eigenvalue weighted by molar-refractivity contribution is -0.137. The highest BCUT2D eigenvalue weighted by atomic mass is 32.1. The van der Waals surface area contributed by atoms with Gasteiger partial charge in [0.2, 0.25) is 0 Å². The van der Waals surface area contributed by atoms with Gasteiger partial charge in [-0.15, -0.1) is 0 Å². The van der Waals surface area contributed by atoms with Crippen LogP contribution in [0, 0.1) is 0 Å². The van der Waals surface area contributed by atoms with E-state index in [1.165, 1.54) is 0 Å². The zero-order chi connectivity index (χ0) is 10.6. The number of aliphatic carboxylic acids is 1. The van der Waals surface area contributed by atoms with E-state index in [1.54, 1.807) is 0 Å². The molecule has 4 nitrogen and oxygen atoms in total. The van der Waals surface area contributed by atoms with Crippen molar-refractivity contribution in [3.05, 3.63) is 0 Å². The van der Waals surface area contributed by atoms with Gasteiger partial charge in [-0.2, -0.15) is 12.6 Å². The fourth-order valence-corrected chi connectivity index (χ4v) is 1.71. The second-order valence-corrected chi connectivity index (χ2v) is 3.83. The van der Waals surface area contributed by atoms with E-state index >= 15 is 0 Å². The van der Waals surface area contributed by atoms with Crippen LogP contribution in [0.5, 0.6) is 0 Å². The summed E-state index contributed by atoms with van der Waals surface area (Å²) < 4.78 is 0. The van der Waals surface area contributed by atoms with E-state index in [2.05, 4.69) is 17.6 Å². The van der Waals surface area contributed by atoms with Crippen LogP contribution in [0.15, 0.2) is 4.99 Å². The molecule has 80 valence electrons. The van der Waals surface area contributed by atoms with E-state index in [4.69, 9.17) is 5.11 Å². The zero-order valence-electron chi connectivity index (χ0n) is 8.31. The summed E-state index contributed by atoms with van der Waals surface area (Å²) in [4.78, 5) is 17.0. The van der Waals surface area contributed by atoms with Gasteiger partial charge in [0.05, 0.1) is 5.84 Å². The van der Waals surface area contributed by atoms with Crippen molar-refractivity contribution in [1.29, 1.82) is 0 Å². The normalized spacial score (nSPS) is 22.4. The molecule has 1 aliphatic rings. The lowest BCUT2D eigenvalue weighted by atomic mass is 10.1. The van der Waals surface area contributed by atoms with Gasteiger partial charge < -0.3 is 10.0 Å². The van der Waals surface area contributed by atoms with Gasteiger partial charge >= 0.3 is 5.97 Å². The third kappa shape index (κ3) is 2.90. The minimum Gasteiger partial charge on any atom is -0.480 e. The molecule has 1 aliphatic heterocycles. The van der Waals surface area contributed by atoms with E-state index < -0.39 is 12.0 Å². The molecule has 0 aliphatic carbocycles. The highest BCUT2D eigenvalue weighted by Gasteiger charge is 2.18. The first-order valence-corrected chi connectivity index (χ1v) is 5.40. The topological polar surface area (TPSA) is 52.9 Å². The maximum atomic E-state index is 10.7. The summed E-state index contributed by atoms with van der Waals surface area (Å²) in [7, 11) is 1.95. The van der Waals surface area contributed by atoms with E-state index in [0.717, 1.165) is 31.6 Å². The molecular weight excluding hydrogens is 200 g/mol. The number of amidine groups is 1. The first-order chi connectivity index (χ1) is 6.65. The number of rotatable bonds is 3. The number of aliphatic imine (C=N–C) groups is 1. The van der Waals surface area contributed by atoms with Gasteiger partial charge in [0.25, 0.3) is 0 Å². The molecule has 1 N–H and O–H groups in total. The summed E-state index contributed by atoms with van der Waals surface area (Å²) in [6.45, 7) is 0.970. The number of hydrogen-bond donors (Lipinski definition) is 2. The number of carbonyl (C=O) groups is 1. The zero-order valence-corrected chi connectivity index (χ0v) is 9.20. The third-order valence-electron chi connectivity index (χ3n) is 2.35. The molecule has 1 fully saturated rings. The van der Waals surface area contributed by atoms with Crippen molar-refractivity contribution >= 4 is 24.4 Å². The largest absolute Gasteiger partial charge is 0.480 e. The monoisotopic (exact) mass is 216 g/mol. The van der Waals surface area contributed by atoms with Crippen molar-refractivity contribution in [2.45, 2.75) is 25.3 Å². The van der Waals surface area contributed by atoms with Gasteiger partial charge in [-0.05, 0) is 12.8 Å². The van der Waals surface area contributed by atoms with Crippen LogP contribution < -0.4 is 0 Å². The van der Waals surface area contributed by atoms with Gasteiger partial charge in [-0.3, -0.25) is 4.99 Å². The number of thiol groups is 1. The van der Waals surface area contributed by atoms with Crippen LogP contribution in [-0.4, -0.2) is 47.2 Å². The number of nitrogens with zero attached hydrogens (tertiary/aromatic N) is 2. The maximum Gasteiger partial charge on any atom is 0.329 e. The lowest BCUT2D eigenvalue weighted by Gasteiger charge is -2.26. The lowest BCUT2D eigenvalue weighted by Crippen LogP contribution is -2.34. The van der Waals surface area contributed by atoms with Gasteiger partial charge in [0.1, 0.15) is 0 Å². The number of carboxylic acid groups (broad SMARTS) is 1. The minimum atomic E-state index is -0.897. The first kappa shape index (κ1) is 11.4. The number of piperidine rings is 1. The van der Waals surface area contributed by atoms with Gasteiger partial charge in [0.15, 0.2) is 6.04 Å². The van der Waals surface area contributed by atoms with E-state index in [0.29, 0.717) is 0 Å². The van der Waals surface area contributed by atoms with Gasteiger partial charge in [0, 0.05) is 25.8 Å². The molecule has 1 saturated heterocycles. The number of likely N-dealkylation sites (tertiary alicyclic amines) is 1. The average Bonchev–Trinajstić information content (AvgIpc) is 2.16. The summed E-state index contributed by atoms with van der Waals surface area (Å²) in [5, 5.41) is 8.82. The van der Waals surface area contributed by atoms with Crippen LogP contribution in [0.25, 0.3) is 0 Å². The molecule has 1 heterocycles. The Hall–Kier alpha value is -0.710. The van der Waals surface area contributed by atoms with Gasteiger partial charge in [-0.25, -0.2) is 4.79 Å². The molecule has 1 atom stereocenters. The van der Waals surface area contributed by atoms with E-state index in [1.807, 2.05) is 11.9 Å². The summed E-state index contributed by atoms with van der Waals surface area (Å²) in [6.07, 6.45) is 3.14. The molecule has 0 aromatic heterocycles. The smallest absolute Gasteiger partial charge is 0.329 e. The second-order valence-electron chi connectivity index (χ2n) is 3.46. The van der Waals surface area contributed by atoms with Crippen molar-refractivity contribution in [3.8, 4) is 0 Å². The maximum absolute atomic E-state index is 10.7. The molecule has 0 bridgehead atoms. The fraction of sp³-hybridized carbons (Fsp3) is 0.778. The highest BCUT2D eigenvalue weighted by molar-refractivity contribution is 7.80. The highest BCUT2D eigenvalue weighted by Crippen LogP contribution is 2.11. The molecule has 0 aromatic carbocycles. The van der Waals surface area contributed by atoms with Crippen molar-refractivity contribution in [1.82, 2.24) is 4.90 Å².